The third-order valence-electron chi connectivity index (χ3n) is 4.35. The van der Waals surface area contributed by atoms with Gasteiger partial charge in [-0.3, -0.25) is 9.59 Å². The predicted molar refractivity (Wildman–Crippen MR) is 120 cm³/mol. The van der Waals surface area contributed by atoms with Crippen molar-refractivity contribution in [2.75, 3.05) is 25.6 Å². The molecular weight excluding hydrogens is 414 g/mol. The summed E-state index contributed by atoms with van der Waals surface area (Å²) in [6.07, 6.45) is 1.03. The molecule has 32 heavy (non-hydrogen) atoms. The average Bonchev–Trinajstić information content (AvgIpc) is 2.75. The van der Waals surface area contributed by atoms with Crippen LogP contribution in [0, 0.1) is 13.8 Å². The van der Waals surface area contributed by atoms with Gasteiger partial charge in [0, 0.05) is 5.69 Å². The van der Waals surface area contributed by atoms with E-state index in [-0.39, 0.29) is 19.6 Å². The highest BCUT2D eigenvalue weighted by atomic mass is 16.6. The molecule has 0 aliphatic rings. The minimum absolute atomic E-state index is 0.238. The number of carbonyl (C=O) groups is 3. The first-order chi connectivity index (χ1) is 15.3. The fraction of sp³-hybridized carbons (Fsp3) is 0.304. The van der Waals surface area contributed by atoms with Gasteiger partial charge in [-0.2, -0.15) is 5.10 Å². The topological polar surface area (TPSA) is 115 Å². The number of carbonyl (C=O) groups excluding carboxylic acids is 3. The Labute approximate surface area is 186 Å². The van der Waals surface area contributed by atoms with E-state index in [2.05, 4.69) is 15.8 Å². The van der Waals surface area contributed by atoms with Crippen LogP contribution in [0.4, 0.5) is 5.69 Å². The van der Waals surface area contributed by atoms with E-state index in [0.29, 0.717) is 22.7 Å². The Bertz CT molecular complexity index is 1000. The van der Waals surface area contributed by atoms with Gasteiger partial charge >= 0.3 is 5.97 Å². The summed E-state index contributed by atoms with van der Waals surface area (Å²) in [5.74, 6) is -0.721. The molecule has 0 saturated heterocycles. The molecule has 0 aromatic heterocycles. The summed E-state index contributed by atoms with van der Waals surface area (Å²) in [5, 5.41) is 6.54. The third kappa shape index (κ3) is 7.75. The lowest BCUT2D eigenvalue weighted by Crippen LogP contribution is -2.24. The molecule has 2 N–H and O–H groups in total. The van der Waals surface area contributed by atoms with Crippen LogP contribution in [0.2, 0.25) is 0 Å². The summed E-state index contributed by atoms with van der Waals surface area (Å²) < 4.78 is 15.5. The van der Waals surface area contributed by atoms with Crippen molar-refractivity contribution in [1.29, 1.82) is 0 Å². The fourth-order valence-corrected chi connectivity index (χ4v) is 2.61. The highest BCUT2D eigenvalue weighted by Gasteiger charge is 2.11. The van der Waals surface area contributed by atoms with E-state index in [4.69, 9.17) is 14.2 Å². The molecule has 0 radical (unpaired) electrons. The standard InChI is InChI=1S/C23H27N3O6/c1-5-31-23(29)14-32-19-9-7-17(11-20(19)30-4)13-24-26-22(28)12-21(27)25-18-8-6-15(2)16(3)10-18/h6-11,13H,5,12,14H2,1-4H3,(H,25,27)(H,26,28). The molecule has 9 nitrogen and oxygen atoms in total. The molecule has 2 aromatic rings. The van der Waals surface area contributed by atoms with Gasteiger partial charge in [0.15, 0.2) is 18.1 Å². The van der Waals surface area contributed by atoms with Gasteiger partial charge in [-0.15, -0.1) is 0 Å². The zero-order valence-corrected chi connectivity index (χ0v) is 18.6. The van der Waals surface area contributed by atoms with Gasteiger partial charge < -0.3 is 19.5 Å². The number of hydrogen-bond donors (Lipinski definition) is 2. The number of nitrogens with one attached hydrogen (secondary N) is 2. The number of ether oxygens (including phenoxy) is 3. The minimum Gasteiger partial charge on any atom is -0.493 e. The van der Waals surface area contributed by atoms with Crippen molar-refractivity contribution in [1.82, 2.24) is 5.43 Å². The van der Waals surface area contributed by atoms with Gasteiger partial charge in [0.2, 0.25) is 11.8 Å². The number of nitrogens with zero attached hydrogens (tertiary/aromatic N) is 1. The number of rotatable bonds is 10. The quantitative estimate of drug-likeness (QED) is 0.254. The molecule has 0 saturated carbocycles. The maximum atomic E-state index is 12.0. The summed E-state index contributed by atoms with van der Waals surface area (Å²) in [6.45, 7) is 5.67. The second-order valence-electron chi connectivity index (χ2n) is 6.82. The molecule has 0 aliphatic carbocycles. The molecule has 2 rings (SSSR count). The van der Waals surface area contributed by atoms with Crippen molar-refractivity contribution >= 4 is 29.7 Å². The van der Waals surface area contributed by atoms with Gasteiger partial charge in [-0.1, -0.05) is 6.07 Å². The normalized spacial score (nSPS) is 10.5. The van der Waals surface area contributed by atoms with Crippen molar-refractivity contribution in [2.45, 2.75) is 27.2 Å². The summed E-state index contributed by atoms with van der Waals surface area (Å²) >= 11 is 0. The first-order valence-corrected chi connectivity index (χ1v) is 9.97. The lowest BCUT2D eigenvalue weighted by atomic mass is 10.1. The van der Waals surface area contributed by atoms with Gasteiger partial charge in [0.05, 0.1) is 19.9 Å². The molecule has 2 amide bonds. The average molecular weight is 441 g/mol. The number of methoxy groups -OCH3 is 1. The molecule has 0 unspecified atom stereocenters. The van der Waals surface area contributed by atoms with E-state index in [9.17, 15) is 14.4 Å². The Balaban J connectivity index is 1.86. The lowest BCUT2D eigenvalue weighted by molar-refractivity contribution is -0.145. The number of aryl methyl sites for hydroxylation is 2. The number of anilines is 1. The number of benzene rings is 2. The monoisotopic (exact) mass is 441 g/mol. The number of esters is 1. The number of hydrazone groups is 1. The van der Waals surface area contributed by atoms with Crippen LogP contribution in [0.5, 0.6) is 11.5 Å². The van der Waals surface area contributed by atoms with E-state index >= 15 is 0 Å². The van der Waals surface area contributed by atoms with Crippen molar-refractivity contribution < 1.29 is 28.6 Å². The largest absolute Gasteiger partial charge is 0.493 e. The minimum atomic E-state index is -0.552. The molecule has 9 heteroatoms. The Morgan fingerprint density at radius 3 is 2.47 bits per heavy atom. The van der Waals surface area contributed by atoms with E-state index in [0.717, 1.165) is 11.1 Å². The molecule has 0 aliphatic heterocycles. The Kier molecular flexibility index (Phi) is 9.22. The van der Waals surface area contributed by atoms with Crippen LogP contribution in [0.3, 0.4) is 0 Å². The smallest absolute Gasteiger partial charge is 0.344 e. The first-order valence-electron chi connectivity index (χ1n) is 9.97. The van der Waals surface area contributed by atoms with Crippen LogP contribution in [0.1, 0.15) is 30.0 Å². The van der Waals surface area contributed by atoms with Crippen LogP contribution in [-0.2, 0) is 19.1 Å². The second kappa shape index (κ2) is 12.1. The SMILES string of the molecule is CCOC(=O)COc1ccc(C=NNC(=O)CC(=O)Nc2ccc(C)c(C)c2)cc1OC. The molecule has 0 atom stereocenters. The highest BCUT2D eigenvalue weighted by Crippen LogP contribution is 2.27. The molecular formula is C23H27N3O6. The van der Waals surface area contributed by atoms with E-state index in [1.54, 1.807) is 31.2 Å². The van der Waals surface area contributed by atoms with Crippen molar-refractivity contribution in [2.24, 2.45) is 5.10 Å². The zero-order chi connectivity index (χ0) is 23.5. The summed E-state index contributed by atoms with van der Waals surface area (Å²) in [7, 11) is 1.46. The predicted octanol–water partition coefficient (Wildman–Crippen LogP) is 2.73. The van der Waals surface area contributed by atoms with Gasteiger partial charge in [-0.25, -0.2) is 10.2 Å². The summed E-state index contributed by atoms with van der Waals surface area (Å²) in [4.78, 5) is 35.4. The number of hydrogen-bond acceptors (Lipinski definition) is 7. The maximum absolute atomic E-state index is 12.0. The zero-order valence-electron chi connectivity index (χ0n) is 18.6. The molecule has 170 valence electrons. The summed E-state index contributed by atoms with van der Waals surface area (Å²) in [5.41, 5.74) is 5.72. The molecule has 0 bridgehead atoms. The van der Waals surface area contributed by atoms with Crippen molar-refractivity contribution in [3.63, 3.8) is 0 Å². The molecule has 0 heterocycles. The van der Waals surface area contributed by atoms with Crippen LogP contribution >= 0.6 is 0 Å². The van der Waals surface area contributed by atoms with Gasteiger partial charge in [0.25, 0.3) is 0 Å². The second-order valence-corrected chi connectivity index (χ2v) is 6.82. The lowest BCUT2D eigenvalue weighted by Gasteiger charge is -2.10. The molecule has 0 fully saturated rings. The van der Waals surface area contributed by atoms with E-state index < -0.39 is 17.8 Å². The van der Waals surface area contributed by atoms with Gasteiger partial charge in [-0.05, 0) is 67.8 Å². The van der Waals surface area contributed by atoms with Crippen LogP contribution in [-0.4, -0.2) is 44.3 Å². The van der Waals surface area contributed by atoms with Crippen LogP contribution < -0.4 is 20.2 Å². The van der Waals surface area contributed by atoms with E-state index in [1.165, 1.54) is 13.3 Å². The van der Waals surface area contributed by atoms with Crippen molar-refractivity contribution in [3.8, 4) is 11.5 Å². The van der Waals surface area contributed by atoms with E-state index in [1.807, 2.05) is 26.0 Å². The van der Waals surface area contributed by atoms with Crippen molar-refractivity contribution in [3.05, 3.63) is 53.1 Å². The molecule has 0 spiro atoms. The maximum Gasteiger partial charge on any atom is 0.344 e. The third-order valence-corrected chi connectivity index (χ3v) is 4.35. The first kappa shape index (κ1) is 24.4. The summed E-state index contributed by atoms with van der Waals surface area (Å²) in [6, 6.07) is 10.4. The molecule has 2 aromatic carbocycles. The Morgan fingerprint density at radius 2 is 1.78 bits per heavy atom. The highest BCUT2D eigenvalue weighted by molar-refractivity contribution is 6.03. The van der Waals surface area contributed by atoms with Crippen LogP contribution in [0.25, 0.3) is 0 Å². The van der Waals surface area contributed by atoms with Gasteiger partial charge in [0.1, 0.15) is 6.42 Å². The Hall–Kier alpha value is -3.88. The fourth-order valence-electron chi connectivity index (χ4n) is 2.61. The number of amides is 2. The Morgan fingerprint density at radius 1 is 1.00 bits per heavy atom. The van der Waals surface area contributed by atoms with Crippen LogP contribution in [0.15, 0.2) is 41.5 Å².